The average molecular weight is 354 g/mol. The zero-order chi connectivity index (χ0) is 13.0. The maximum atomic E-state index is 5.91. The Kier molecular flexibility index (Phi) is 4.54. The van der Waals surface area contributed by atoms with E-state index in [9.17, 15) is 0 Å². The van der Waals surface area contributed by atoms with Crippen molar-refractivity contribution in [3.05, 3.63) is 51.9 Å². The number of halogens is 1. The van der Waals surface area contributed by atoms with Gasteiger partial charge >= 0.3 is 0 Å². The van der Waals surface area contributed by atoms with Gasteiger partial charge in [-0.05, 0) is 65.4 Å². The molecule has 0 amide bonds. The first-order chi connectivity index (χ1) is 8.69. The van der Waals surface area contributed by atoms with Crippen LogP contribution in [0.25, 0.3) is 0 Å². The molecule has 2 N–H and O–H groups in total. The van der Waals surface area contributed by atoms with Gasteiger partial charge in [-0.25, -0.2) is 0 Å². The lowest BCUT2D eigenvalue weighted by atomic mass is 10.1. The molecule has 0 saturated heterocycles. The number of nitrogens with zero attached hydrogens (tertiary/aromatic N) is 1. The summed E-state index contributed by atoms with van der Waals surface area (Å²) in [6, 6.07) is 11.7. The molecular weight excluding hydrogens is 339 g/mol. The Labute approximate surface area is 121 Å². The van der Waals surface area contributed by atoms with E-state index in [-0.39, 0.29) is 6.04 Å². The summed E-state index contributed by atoms with van der Waals surface area (Å²) >= 11 is 2.26. The molecule has 1 heterocycles. The van der Waals surface area contributed by atoms with Crippen molar-refractivity contribution < 1.29 is 4.74 Å². The van der Waals surface area contributed by atoms with Crippen LogP contribution in [0, 0.1) is 3.57 Å². The van der Waals surface area contributed by atoms with Crippen LogP contribution in [0.5, 0.6) is 11.5 Å². The number of nitrogens with two attached hydrogens (primary N) is 1. The standard InChI is InChI=1S/C14H15IN2O/c1-2-13(16)14-8-7-12(9-17-14)18-11-5-3-10(15)4-6-11/h3-9,13H,2,16H2,1H3. The van der Waals surface area contributed by atoms with Gasteiger partial charge in [-0.3, -0.25) is 4.98 Å². The summed E-state index contributed by atoms with van der Waals surface area (Å²) in [4.78, 5) is 4.31. The molecule has 0 bridgehead atoms. The predicted molar refractivity (Wildman–Crippen MR) is 80.7 cm³/mol. The summed E-state index contributed by atoms with van der Waals surface area (Å²) in [5, 5.41) is 0. The molecule has 0 aliphatic rings. The lowest BCUT2D eigenvalue weighted by Crippen LogP contribution is -2.10. The van der Waals surface area contributed by atoms with Crippen LogP contribution in [-0.2, 0) is 0 Å². The Hall–Kier alpha value is -1.14. The second-order valence-corrected chi connectivity index (χ2v) is 5.24. The van der Waals surface area contributed by atoms with Crippen molar-refractivity contribution in [2.75, 3.05) is 0 Å². The summed E-state index contributed by atoms with van der Waals surface area (Å²) in [7, 11) is 0. The van der Waals surface area contributed by atoms with Crippen LogP contribution >= 0.6 is 22.6 Å². The van der Waals surface area contributed by atoms with Crippen molar-refractivity contribution in [2.45, 2.75) is 19.4 Å². The fraction of sp³-hybridized carbons (Fsp3) is 0.214. The quantitative estimate of drug-likeness (QED) is 0.848. The highest BCUT2D eigenvalue weighted by Crippen LogP contribution is 2.22. The van der Waals surface area contributed by atoms with Gasteiger partial charge in [0.15, 0.2) is 0 Å². The van der Waals surface area contributed by atoms with Crippen LogP contribution < -0.4 is 10.5 Å². The van der Waals surface area contributed by atoms with Crippen molar-refractivity contribution in [1.29, 1.82) is 0 Å². The lowest BCUT2D eigenvalue weighted by molar-refractivity contribution is 0.479. The fourth-order valence-corrected chi connectivity index (χ4v) is 1.88. The van der Waals surface area contributed by atoms with E-state index in [4.69, 9.17) is 10.5 Å². The molecule has 1 unspecified atom stereocenters. The molecule has 3 nitrogen and oxygen atoms in total. The van der Waals surface area contributed by atoms with Crippen LogP contribution in [0.1, 0.15) is 25.1 Å². The molecule has 1 aromatic carbocycles. The number of pyridine rings is 1. The zero-order valence-corrected chi connectivity index (χ0v) is 12.3. The topological polar surface area (TPSA) is 48.1 Å². The molecular formula is C14H15IN2O. The molecule has 0 spiro atoms. The number of aromatic nitrogens is 1. The Bertz CT molecular complexity index is 496. The molecule has 1 atom stereocenters. The highest BCUT2D eigenvalue weighted by Gasteiger charge is 2.05. The van der Waals surface area contributed by atoms with Crippen LogP contribution in [-0.4, -0.2) is 4.98 Å². The third kappa shape index (κ3) is 3.43. The van der Waals surface area contributed by atoms with E-state index in [0.29, 0.717) is 0 Å². The molecule has 4 heteroatoms. The third-order valence-corrected chi connectivity index (χ3v) is 3.35. The van der Waals surface area contributed by atoms with Crippen molar-refractivity contribution >= 4 is 22.6 Å². The van der Waals surface area contributed by atoms with E-state index in [1.165, 1.54) is 3.57 Å². The van der Waals surface area contributed by atoms with Gasteiger partial charge < -0.3 is 10.5 Å². The fourth-order valence-electron chi connectivity index (χ4n) is 1.52. The SMILES string of the molecule is CCC(N)c1ccc(Oc2ccc(I)cc2)cn1. The maximum absolute atomic E-state index is 5.91. The average Bonchev–Trinajstić information content (AvgIpc) is 2.41. The van der Waals surface area contributed by atoms with E-state index in [1.807, 2.05) is 43.3 Å². The second-order valence-electron chi connectivity index (χ2n) is 3.99. The molecule has 1 aromatic heterocycles. The Morgan fingerprint density at radius 1 is 1.17 bits per heavy atom. The zero-order valence-electron chi connectivity index (χ0n) is 10.1. The van der Waals surface area contributed by atoms with Crippen LogP contribution in [0.15, 0.2) is 42.6 Å². The van der Waals surface area contributed by atoms with E-state index in [0.717, 1.165) is 23.6 Å². The minimum Gasteiger partial charge on any atom is -0.456 e. The van der Waals surface area contributed by atoms with E-state index in [1.54, 1.807) is 6.20 Å². The Morgan fingerprint density at radius 3 is 2.39 bits per heavy atom. The summed E-state index contributed by atoms with van der Waals surface area (Å²) in [5.41, 5.74) is 6.81. The second kappa shape index (κ2) is 6.15. The number of ether oxygens (including phenoxy) is 1. The molecule has 0 saturated carbocycles. The van der Waals surface area contributed by atoms with Gasteiger partial charge in [0.2, 0.25) is 0 Å². The van der Waals surface area contributed by atoms with E-state index in [2.05, 4.69) is 27.6 Å². The van der Waals surface area contributed by atoms with Gasteiger partial charge in [-0.1, -0.05) is 6.92 Å². The van der Waals surface area contributed by atoms with Crippen LogP contribution in [0.2, 0.25) is 0 Å². The molecule has 0 fully saturated rings. The smallest absolute Gasteiger partial charge is 0.145 e. The van der Waals surface area contributed by atoms with Gasteiger partial charge in [0.25, 0.3) is 0 Å². The number of benzene rings is 1. The monoisotopic (exact) mass is 354 g/mol. The normalized spacial score (nSPS) is 12.2. The minimum atomic E-state index is -0.00245. The molecule has 2 rings (SSSR count). The number of rotatable bonds is 4. The minimum absolute atomic E-state index is 0.00245. The van der Waals surface area contributed by atoms with Gasteiger partial charge in [-0.15, -0.1) is 0 Å². The summed E-state index contributed by atoms with van der Waals surface area (Å²) in [5.74, 6) is 1.54. The summed E-state index contributed by atoms with van der Waals surface area (Å²) < 4.78 is 6.88. The molecule has 0 aliphatic carbocycles. The van der Waals surface area contributed by atoms with Gasteiger partial charge in [0, 0.05) is 9.61 Å². The predicted octanol–water partition coefficient (Wildman–Crippen LogP) is 3.89. The first-order valence-corrected chi connectivity index (χ1v) is 6.92. The summed E-state index contributed by atoms with van der Waals surface area (Å²) in [6.45, 7) is 2.04. The molecule has 94 valence electrons. The largest absolute Gasteiger partial charge is 0.456 e. The number of hydrogen-bond acceptors (Lipinski definition) is 3. The van der Waals surface area contributed by atoms with Crippen molar-refractivity contribution in [2.24, 2.45) is 5.73 Å². The Morgan fingerprint density at radius 2 is 1.83 bits per heavy atom. The highest BCUT2D eigenvalue weighted by molar-refractivity contribution is 14.1. The molecule has 2 aromatic rings. The first-order valence-electron chi connectivity index (χ1n) is 5.84. The summed E-state index contributed by atoms with van der Waals surface area (Å²) in [6.07, 6.45) is 2.59. The van der Waals surface area contributed by atoms with Gasteiger partial charge in [0.05, 0.1) is 11.9 Å². The maximum Gasteiger partial charge on any atom is 0.145 e. The van der Waals surface area contributed by atoms with E-state index >= 15 is 0 Å². The van der Waals surface area contributed by atoms with Gasteiger partial charge in [-0.2, -0.15) is 0 Å². The molecule has 0 aliphatic heterocycles. The van der Waals surface area contributed by atoms with Gasteiger partial charge in [0.1, 0.15) is 11.5 Å². The van der Waals surface area contributed by atoms with Crippen LogP contribution in [0.3, 0.4) is 0 Å². The van der Waals surface area contributed by atoms with Crippen molar-refractivity contribution in [1.82, 2.24) is 4.98 Å². The van der Waals surface area contributed by atoms with E-state index < -0.39 is 0 Å². The highest BCUT2D eigenvalue weighted by atomic mass is 127. The van der Waals surface area contributed by atoms with Crippen molar-refractivity contribution in [3.8, 4) is 11.5 Å². The first kappa shape index (κ1) is 13.3. The number of hydrogen-bond donors (Lipinski definition) is 1. The molecule has 18 heavy (non-hydrogen) atoms. The Balaban J connectivity index is 2.08. The lowest BCUT2D eigenvalue weighted by Gasteiger charge is -2.09. The molecule has 0 radical (unpaired) electrons. The van der Waals surface area contributed by atoms with Crippen LogP contribution in [0.4, 0.5) is 0 Å². The van der Waals surface area contributed by atoms with Crippen molar-refractivity contribution in [3.63, 3.8) is 0 Å². The third-order valence-electron chi connectivity index (χ3n) is 2.63.